The number of benzene rings is 3. The standard InChI is InChI=1S/C24H16N2O4/c27-23-17-9-7-14(12-19(17)25-22-6-3-11-26(22)23)24(28)29-15-8-10-21-18(13-15)16-4-1-2-5-20(16)30-21/h1-2,4-5,7-10,12-13H,3,6,11H2. The van der Waals surface area contributed by atoms with Gasteiger partial charge in [-0.05, 0) is 48.9 Å². The van der Waals surface area contributed by atoms with Crippen LogP contribution in [0.25, 0.3) is 32.8 Å². The SMILES string of the molecule is O=C(Oc1ccc2oc3ccccc3c2c1)c1ccc2c(=O)n3c(nc2c1)CCC3. The average Bonchev–Trinajstić information content (AvgIpc) is 3.38. The molecule has 6 nitrogen and oxygen atoms in total. The van der Waals surface area contributed by atoms with Gasteiger partial charge in [0.25, 0.3) is 5.56 Å². The Bertz CT molecular complexity index is 1540. The molecule has 3 heterocycles. The molecule has 0 bridgehead atoms. The summed E-state index contributed by atoms with van der Waals surface area (Å²) in [6.07, 6.45) is 1.69. The molecule has 0 aliphatic carbocycles. The second-order valence-electron chi connectivity index (χ2n) is 7.47. The van der Waals surface area contributed by atoms with Crippen LogP contribution < -0.4 is 10.3 Å². The molecule has 0 radical (unpaired) electrons. The van der Waals surface area contributed by atoms with Crippen molar-refractivity contribution < 1.29 is 13.9 Å². The molecular formula is C24H16N2O4. The Labute approximate surface area is 170 Å². The summed E-state index contributed by atoms with van der Waals surface area (Å²) in [5.74, 6) is 0.711. The van der Waals surface area contributed by atoms with Crippen LogP contribution in [-0.2, 0) is 13.0 Å². The van der Waals surface area contributed by atoms with Crippen LogP contribution in [0, 0.1) is 0 Å². The number of nitrogens with zero attached hydrogens (tertiary/aromatic N) is 2. The molecule has 2 aromatic heterocycles. The van der Waals surface area contributed by atoms with Gasteiger partial charge in [0.05, 0.1) is 16.5 Å². The van der Waals surface area contributed by atoms with Crippen molar-refractivity contribution in [3.8, 4) is 5.75 Å². The highest BCUT2D eigenvalue weighted by molar-refractivity contribution is 6.05. The van der Waals surface area contributed by atoms with Crippen molar-refractivity contribution in [2.24, 2.45) is 0 Å². The Morgan fingerprint density at radius 2 is 1.83 bits per heavy atom. The molecule has 0 N–H and O–H groups in total. The van der Waals surface area contributed by atoms with Crippen LogP contribution in [0.5, 0.6) is 5.75 Å². The van der Waals surface area contributed by atoms with Crippen molar-refractivity contribution >= 4 is 38.8 Å². The number of furan rings is 1. The quantitative estimate of drug-likeness (QED) is 0.325. The molecule has 0 saturated heterocycles. The van der Waals surface area contributed by atoms with Crippen LogP contribution in [0.15, 0.2) is 69.9 Å². The fourth-order valence-electron chi connectivity index (χ4n) is 4.15. The average molecular weight is 396 g/mol. The summed E-state index contributed by atoms with van der Waals surface area (Å²) in [6, 6.07) is 17.9. The van der Waals surface area contributed by atoms with Gasteiger partial charge in [-0.15, -0.1) is 0 Å². The second kappa shape index (κ2) is 6.29. The molecule has 5 aromatic rings. The summed E-state index contributed by atoms with van der Waals surface area (Å²) in [5, 5.41) is 2.37. The summed E-state index contributed by atoms with van der Waals surface area (Å²) in [4.78, 5) is 29.9. The molecular weight excluding hydrogens is 380 g/mol. The van der Waals surface area contributed by atoms with Gasteiger partial charge in [0.1, 0.15) is 22.7 Å². The van der Waals surface area contributed by atoms with Gasteiger partial charge in [-0.25, -0.2) is 9.78 Å². The number of aryl methyl sites for hydroxylation is 1. The highest BCUT2D eigenvalue weighted by Gasteiger charge is 2.18. The van der Waals surface area contributed by atoms with E-state index in [9.17, 15) is 9.59 Å². The summed E-state index contributed by atoms with van der Waals surface area (Å²) >= 11 is 0. The Balaban J connectivity index is 1.37. The molecule has 0 atom stereocenters. The van der Waals surface area contributed by atoms with E-state index in [2.05, 4.69) is 4.98 Å². The number of hydrogen-bond acceptors (Lipinski definition) is 5. The molecule has 6 heteroatoms. The normalized spacial score (nSPS) is 13.2. The summed E-state index contributed by atoms with van der Waals surface area (Å²) in [5.41, 5.74) is 2.36. The molecule has 30 heavy (non-hydrogen) atoms. The first-order valence-corrected chi connectivity index (χ1v) is 9.84. The Kier molecular flexibility index (Phi) is 3.56. The van der Waals surface area contributed by atoms with Crippen molar-refractivity contribution in [1.82, 2.24) is 9.55 Å². The number of fused-ring (bicyclic) bond motifs is 5. The van der Waals surface area contributed by atoms with E-state index in [0.29, 0.717) is 28.8 Å². The minimum atomic E-state index is -0.494. The Morgan fingerprint density at radius 3 is 2.77 bits per heavy atom. The third-order valence-electron chi connectivity index (χ3n) is 5.61. The van der Waals surface area contributed by atoms with Crippen LogP contribution in [0.2, 0.25) is 0 Å². The molecule has 146 valence electrons. The number of hydrogen-bond donors (Lipinski definition) is 0. The van der Waals surface area contributed by atoms with Gasteiger partial charge < -0.3 is 9.15 Å². The maximum atomic E-state index is 12.8. The summed E-state index contributed by atoms with van der Waals surface area (Å²) in [7, 11) is 0. The molecule has 0 spiro atoms. The molecule has 1 aliphatic rings. The van der Waals surface area contributed by atoms with Gasteiger partial charge in [-0.1, -0.05) is 18.2 Å². The Morgan fingerprint density at radius 1 is 0.967 bits per heavy atom. The van der Waals surface area contributed by atoms with Gasteiger partial charge in [0.2, 0.25) is 0 Å². The van der Waals surface area contributed by atoms with Crippen LogP contribution in [0.3, 0.4) is 0 Å². The topological polar surface area (TPSA) is 74.3 Å². The predicted molar refractivity (Wildman–Crippen MR) is 113 cm³/mol. The highest BCUT2D eigenvalue weighted by atomic mass is 16.5. The first kappa shape index (κ1) is 17.0. The van der Waals surface area contributed by atoms with E-state index in [1.54, 1.807) is 41.0 Å². The zero-order valence-corrected chi connectivity index (χ0v) is 15.9. The smallest absolute Gasteiger partial charge is 0.343 e. The number of carbonyl (C=O) groups is 1. The van der Waals surface area contributed by atoms with Gasteiger partial charge in [0, 0.05) is 23.7 Å². The van der Waals surface area contributed by atoms with Crippen molar-refractivity contribution in [3.05, 3.63) is 82.4 Å². The van der Waals surface area contributed by atoms with Crippen molar-refractivity contribution in [3.63, 3.8) is 0 Å². The van der Waals surface area contributed by atoms with Crippen LogP contribution in [0.1, 0.15) is 22.6 Å². The third kappa shape index (κ3) is 2.54. The van der Waals surface area contributed by atoms with E-state index >= 15 is 0 Å². The van der Waals surface area contributed by atoms with Crippen molar-refractivity contribution in [2.45, 2.75) is 19.4 Å². The van der Waals surface area contributed by atoms with Gasteiger partial charge in [-0.2, -0.15) is 0 Å². The maximum Gasteiger partial charge on any atom is 0.343 e. The predicted octanol–water partition coefficient (Wildman–Crippen LogP) is 4.46. The van der Waals surface area contributed by atoms with E-state index in [0.717, 1.165) is 40.6 Å². The third-order valence-corrected chi connectivity index (χ3v) is 5.61. The first-order chi connectivity index (χ1) is 14.7. The molecule has 0 fully saturated rings. The van der Waals surface area contributed by atoms with Crippen molar-refractivity contribution in [1.29, 1.82) is 0 Å². The van der Waals surface area contributed by atoms with E-state index in [1.165, 1.54) is 0 Å². The lowest BCUT2D eigenvalue weighted by Crippen LogP contribution is -2.21. The lowest BCUT2D eigenvalue weighted by atomic mass is 10.1. The Hall–Kier alpha value is -3.93. The highest BCUT2D eigenvalue weighted by Crippen LogP contribution is 2.31. The monoisotopic (exact) mass is 396 g/mol. The zero-order valence-electron chi connectivity index (χ0n) is 15.9. The van der Waals surface area contributed by atoms with E-state index < -0.39 is 5.97 Å². The van der Waals surface area contributed by atoms with Gasteiger partial charge in [0.15, 0.2) is 0 Å². The molecule has 0 amide bonds. The fraction of sp³-hybridized carbons (Fsp3) is 0.125. The summed E-state index contributed by atoms with van der Waals surface area (Å²) < 4.78 is 13.1. The van der Waals surface area contributed by atoms with Gasteiger partial charge in [-0.3, -0.25) is 9.36 Å². The molecule has 1 aliphatic heterocycles. The second-order valence-corrected chi connectivity index (χ2v) is 7.47. The fourth-order valence-corrected chi connectivity index (χ4v) is 4.15. The van der Waals surface area contributed by atoms with E-state index in [4.69, 9.17) is 9.15 Å². The van der Waals surface area contributed by atoms with E-state index in [-0.39, 0.29) is 5.56 Å². The lowest BCUT2D eigenvalue weighted by molar-refractivity contribution is 0.0735. The van der Waals surface area contributed by atoms with E-state index in [1.807, 2.05) is 24.3 Å². The van der Waals surface area contributed by atoms with Crippen LogP contribution >= 0.6 is 0 Å². The minimum Gasteiger partial charge on any atom is -0.456 e. The number of esters is 1. The minimum absolute atomic E-state index is 0.0512. The van der Waals surface area contributed by atoms with Crippen molar-refractivity contribution in [2.75, 3.05) is 0 Å². The molecule has 0 unspecified atom stereocenters. The molecule has 6 rings (SSSR count). The van der Waals surface area contributed by atoms with Crippen LogP contribution in [-0.4, -0.2) is 15.5 Å². The number of ether oxygens (including phenoxy) is 1. The van der Waals surface area contributed by atoms with Crippen LogP contribution in [0.4, 0.5) is 0 Å². The number of para-hydroxylation sites is 1. The number of carbonyl (C=O) groups excluding carboxylic acids is 1. The maximum absolute atomic E-state index is 12.8. The zero-order chi connectivity index (χ0) is 20.2. The van der Waals surface area contributed by atoms with Gasteiger partial charge >= 0.3 is 5.97 Å². The molecule has 3 aromatic carbocycles. The number of aromatic nitrogens is 2. The first-order valence-electron chi connectivity index (χ1n) is 9.84. The number of rotatable bonds is 2. The molecule has 0 saturated carbocycles. The summed E-state index contributed by atoms with van der Waals surface area (Å²) in [6.45, 7) is 0.700. The largest absolute Gasteiger partial charge is 0.456 e. The lowest BCUT2D eigenvalue weighted by Gasteiger charge is -2.07.